The fourth-order valence-electron chi connectivity index (χ4n) is 2.41. The van der Waals surface area contributed by atoms with E-state index in [1.54, 1.807) is 6.26 Å². The Hall–Kier alpha value is -1.65. The number of oxazole rings is 1. The summed E-state index contributed by atoms with van der Waals surface area (Å²) in [6.07, 6.45) is 4.31. The van der Waals surface area contributed by atoms with Gasteiger partial charge in [0.1, 0.15) is 6.26 Å². The van der Waals surface area contributed by atoms with Gasteiger partial charge in [0.25, 0.3) is 0 Å². The van der Waals surface area contributed by atoms with Gasteiger partial charge in [-0.25, -0.2) is 4.98 Å². The maximum absolute atomic E-state index is 5.62. The van der Waals surface area contributed by atoms with Crippen molar-refractivity contribution in [3.63, 3.8) is 0 Å². The third-order valence-corrected chi connectivity index (χ3v) is 4.24. The van der Waals surface area contributed by atoms with E-state index in [4.69, 9.17) is 4.42 Å². The van der Waals surface area contributed by atoms with Crippen molar-refractivity contribution in [1.29, 1.82) is 0 Å². The Morgan fingerprint density at radius 2 is 1.95 bits per heavy atom. The van der Waals surface area contributed by atoms with Crippen LogP contribution in [0.25, 0.3) is 22.2 Å². The van der Waals surface area contributed by atoms with Crippen LogP contribution >= 0.6 is 15.9 Å². The molecule has 1 aliphatic carbocycles. The molecule has 4 heteroatoms. The fourth-order valence-corrected chi connectivity index (χ4v) is 2.79. The number of aromatic nitrogens is 1. The molecule has 1 aromatic heterocycles. The van der Waals surface area contributed by atoms with Crippen molar-refractivity contribution in [2.24, 2.45) is 0 Å². The predicted octanol–water partition coefficient (Wildman–Crippen LogP) is 4.51. The highest BCUT2D eigenvalue weighted by atomic mass is 79.9. The summed E-state index contributed by atoms with van der Waals surface area (Å²) in [5.41, 5.74) is 1.98. The van der Waals surface area contributed by atoms with Gasteiger partial charge in [-0.05, 0) is 47.9 Å². The Kier molecular flexibility index (Phi) is 3.28. The molecule has 0 saturated heterocycles. The predicted molar refractivity (Wildman–Crippen MR) is 87.0 cm³/mol. The third-order valence-electron chi connectivity index (χ3n) is 3.75. The molecule has 0 unspecified atom stereocenters. The fraction of sp³-hybridized carbons (Fsp3) is 0.235. The molecule has 1 heterocycles. The van der Waals surface area contributed by atoms with E-state index < -0.39 is 0 Å². The van der Waals surface area contributed by atoms with E-state index >= 15 is 0 Å². The summed E-state index contributed by atoms with van der Waals surface area (Å²) >= 11 is 3.50. The van der Waals surface area contributed by atoms with E-state index in [1.165, 1.54) is 23.6 Å². The number of benzene rings is 2. The topological polar surface area (TPSA) is 38.1 Å². The molecular weight excluding hydrogens is 328 g/mol. The zero-order chi connectivity index (χ0) is 14.2. The minimum Gasteiger partial charge on any atom is -0.444 e. The zero-order valence-electron chi connectivity index (χ0n) is 11.5. The van der Waals surface area contributed by atoms with Crippen LogP contribution in [0, 0.1) is 0 Å². The number of hydrogen-bond donors (Lipinski definition) is 1. The van der Waals surface area contributed by atoms with Crippen LogP contribution in [-0.4, -0.2) is 11.0 Å². The van der Waals surface area contributed by atoms with Crippen LogP contribution in [-0.2, 0) is 6.54 Å². The molecule has 21 heavy (non-hydrogen) atoms. The molecule has 3 nitrogen and oxygen atoms in total. The lowest BCUT2D eigenvalue weighted by molar-refractivity contribution is 0.570. The van der Waals surface area contributed by atoms with Crippen molar-refractivity contribution in [3.8, 4) is 11.5 Å². The lowest BCUT2D eigenvalue weighted by Crippen LogP contribution is -2.15. The molecule has 2 aromatic carbocycles. The normalized spacial score (nSPS) is 14.7. The van der Waals surface area contributed by atoms with E-state index in [9.17, 15) is 0 Å². The molecule has 0 aliphatic heterocycles. The molecule has 3 aromatic rings. The van der Waals surface area contributed by atoms with Crippen LogP contribution < -0.4 is 5.32 Å². The quantitative estimate of drug-likeness (QED) is 0.757. The Labute approximate surface area is 131 Å². The second-order valence-electron chi connectivity index (χ2n) is 5.51. The molecule has 1 aliphatic rings. The highest BCUT2D eigenvalue weighted by Crippen LogP contribution is 2.26. The second-order valence-corrected chi connectivity index (χ2v) is 6.42. The Morgan fingerprint density at radius 1 is 1.14 bits per heavy atom. The van der Waals surface area contributed by atoms with Crippen molar-refractivity contribution in [2.45, 2.75) is 25.4 Å². The largest absolute Gasteiger partial charge is 0.444 e. The molecule has 0 spiro atoms. The molecule has 0 bridgehead atoms. The van der Waals surface area contributed by atoms with Crippen molar-refractivity contribution < 1.29 is 4.42 Å². The summed E-state index contributed by atoms with van der Waals surface area (Å²) < 4.78 is 6.71. The van der Waals surface area contributed by atoms with Crippen LogP contribution in [0.15, 0.2) is 51.6 Å². The van der Waals surface area contributed by atoms with Crippen molar-refractivity contribution in [1.82, 2.24) is 10.3 Å². The summed E-state index contributed by atoms with van der Waals surface area (Å²) in [5.74, 6) is 0.687. The van der Waals surface area contributed by atoms with E-state index in [1.807, 2.05) is 6.07 Å². The monoisotopic (exact) mass is 342 g/mol. The standard InChI is InChI=1S/C17H15BrN2O/c18-14-4-3-11-7-13(2-1-12(11)8-14)17-20-16(10-21-17)9-19-15-5-6-15/h1-4,7-8,10,15,19H,5-6,9H2. The van der Waals surface area contributed by atoms with Crippen LogP contribution in [0.4, 0.5) is 0 Å². The SMILES string of the molecule is Brc1ccc2cc(-c3nc(CNC4CC4)co3)ccc2c1. The average molecular weight is 343 g/mol. The number of rotatable bonds is 4. The van der Waals surface area contributed by atoms with Gasteiger partial charge in [0.05, 0.1) is 5.69 Å². The summed E-state index contributed by atoms with van der Waals surface area (Å²) in [5, 5.41) is 5.84. The highest BCUT2D eigenvalue weighted by molar-refractivity contribution is 9.10. The first kappa shape index (κ1) is 13.0. The van der Waals surface area contributed by atoms with Gasteiger partial charge in [-0.1, -0.05) is 28.1 Å². The smallest absolute Gasteiger partial charge is 0.226 e. The van der Waals surface area contributed by atoms with Gasteiger partial charge in [0, 0.05) is 22.6 Å². The lowest BCUT2D eigenvalue weighted by Gasteiger charge is -2.01. The molecule has 1 N–H and O–H groups in total. The first-order valence-electron chi connectivity index (χ1n) is 7.15. The van der Waals surface area contributed by atoms with E-state index in [0.29, 0.717) is 11.9 Å². The minimum absolute atomic E-state index is 0.685. The van der Waals surface area contributed by atoms with E-state index in [-0.39, 0.29) is 0 Å². The van der Waals surface area contributed by atoms with Crippen LogP contribution in [0.5, 0.6) is 0 Å². The first-order valence-corrected chi connectivity index (χ1v) is 7.95. The van der Waals surface area contributed by atoms with Gasteiger partial charge in [-0.2, -0.15) is 0 Å². The van der Waals surface area contributed by atoms with Gasteiger partial charge >= 0.3 is 0 Å². The molecule has 1 fully saturated rings. The van der Waals surface area contributed by atoms with E-state index in [2.05, 4.69) is 56.6 Å². The number of fused-ring (bicyclic) bond motifs is 1. The van der Waals surface area contributed by atoms with Crippen molar-refractivity contribution in [3.05, 3.63) is 52.8 Å². The van der Waals surface area contributed by atoms with Gasteiger partial charge in [-0.3, -0.25) is 0 Å². The van der Waals surface area contributed by atoms with Crippen molar-refractivity contribution in [2.75, 3.05) is 0 Å². The van der Waals surface area contributed by atoms with Gasteiger partial charge in [0.15, 0.2) is 0 Å². The second kappa shape index (κ2) is 5.28. The maximum atomic E-state index is 5.62. The molecule has 4 rings (SSSR count). The number of hydrogen-bond acceptors (Lipinski definition) is 3. The molecule has 106 valence electrons. The van der Waals surface area contributed by atoms with E-state index in [0.717, 1.165) is 22.3 Å². The Bertz CT molecular complexity index is 792. The lowest BCUT2D eigenvalue weighted by atomic mass is 10.1. The molecule has 0 atom stereocenters. The third kappa shape index (κ3) is 2.87. The van der Waals surface area contributed by atoms with Crippen LogP contribution in [0.2, 0.25) is 0 Å². The van der Waals surface area contributed by atoms with Crippen LogP contribution in [0.3, 0.4) is 0 Å². The Morgan fingerprint density at radius 3 is 2.81 bits per heavy atom. The van der Waals surface area contributed by atoms with Gasteiger partial charge in [0.2, 0.25) is 5.89 Å². The maximum Gasteiger partial charge on any atom is 0.226 e. The summed E-state index contributed by atoms with van der Waals surface area (Å²) in [4.78, 5) is 4.57. The molecule has 0 amide bonds. The Balaban J connectivity index is 1.61. The molecule has 1 saturated carbocycles. The minimum atomic E-state index is 0.685. The number of nitrogens with zero attached hydrogens (tertiary/aromatic N) is 1. The molecular formula is C17H15BrN2O. The zero-order valence-corrected chi connectivity index (χ0v) is 13.1. The summed E-state index contributed by atoms with van der Waals surface area (Å²) in [6, 6.07) is 13.2. The van der Waals surface area contributed by atoms with Crippen LogP contribution in [0.1, 0.15) is 18.5 Å². The highest BCUT2D eigenvalue weighted by Gasteiger charge is 2.20. The molecule has 0 radical (unpaired) electrons. The number of halogens is 1. The van der Waals surface area contributed by atoms with Gasteiger partial charge in [-0.15, -0.1) is 0 Å². The number of nitrogens with one attached hydrogen (secondary N) is 1. The summed E-state index contributed by atoms with van der Waals surface area (Å²) in [7, 11) is 0. The van der Waals surface area contributed by atoms with Crippen molar-refractivity contribution >= 4 is 26.7 Å². The first-order chi connectivity index (χ1) is 10.3. The van der Waals surface area contributed by atoms with Gasteiger partial charge < -0.3 is 9.73 Å². The summed E-state index contributed by atoms with van der Waals surface area (Å²) in [6.45, 7) is 0.786. The average Bonchev–Trinajstić information content (AvgIpc) is 3.21.